The summed E-state index contributed by atoms with van der Waals surface area (Å²) in [6, 6.07) is 1.27. The molecular weight excluding hydrogens is 161 g/mol. The van der Waals surface area contributed by atoms with E-state index >= 15 is 0 Å². The fourth-order valence-electron chi connectivity index (χ4n) is 1.41. The van der Waals surface area contributed by atoms with E-state index in [1.54, 1.807) is 0 Å². The monoisotopic (exact) mass is 171 g/mol. The summed E-state index contributed by atoms with van der Waals surface area (Å²) in [6.07, 6.45) is -0.910. The Kier molecular flexibility index (Phi) is 2.61. The molecule has 0 radical (unpaired) electrons. The third-order valence-electron chi connectivity index (χ3n) is 1.95. The highest BCUT2D eigenvalue weighted by molar-refractivity contribution is 5.80. The minimum Gasteiger partial charge on any atom is -0.368 e. The van der Waals surface area contributed by atoms with Crippen molar-refractivity contribution in [2.24, 2.45) is 5.73 Å². The summed E-state index contributed by atoms with van der Waals surface area (Å²) in [5.41, 5.74) is 5.02. The number of nitrogens with two attached hydrogens (primary N) is 1. The Labute approximate surface area is 69.7 Å². The topological polar surface area (TPSA) is 70.1 Å². The predicted molar refractivity (Wildman–Crippen MR) is 39.7 cm³/mol. The van der Waals surface area contributed by atoms with Gasteiger partial charge < -0.3 is 5.73 Å². The Morgan fingerprint density at radius 2 is 2.50 bits per heavy atom. The van der Waals surface area contributed by atoms with Crippen molar-refractivity contribution in [3.63, 3.8) is 0 Å². The minimum absolute atomic E-state index is 0.0635. The van der Waals surface area contributed by atoms with Crippen molar-refractivity contribution >= 4 is 5.91 Å². The van der Waals surface area contributed by atoms with Gasteiger partial charge in [0.05, 0.1) is 18.7 Å². The third-order valence-corrected chi connectivity index (χ3v) is 1.95. The van der Waals surface area contributed by atoms with Crippen LogP contribution in [0.15, 0.2) is 0 Å². The van der Waals surface area contributed by atoms with E-state index in [1.165, 1.54) is 4.90 Å². The molecule has 12 heavy (non-hydrogen) atoms. The molecule has 0 bridgehead atoms. The lowest BCUT2D eigenvalue weighted by Crippen LogP contribution is -2.40. The lowest BCUT2D eigenvalue weighted by molar-refractivity contribution is -0.122. The second-order valence-electron chi connectivity index (χ2n) is 2.84. The van der Waals surface area contributed by atoms with E-state index in [4.69, 9.17) is 11.0 Å². The van der Waals surface area contributed by atoms with Crippen molar-refractivity contribution in [2.45, 2.75) is 18.6 Å². The van der Waals surface area contributed by atoms with E-state index in [0.29, 0.717) is 0 Å². The molecule has 1 rings (SSSR count). The number of carbonyl (C=O) groups is 1. The van der Waals surface area contributed by atoms with Gasteiger partial charge in [-0.15, -0.1) is 0 Å². The SMILES string of the molecule is N#CCN1C[C@H](F)C[C@H]1C(N)=O. The van der Waals surface area contributed by atoms with Crippen LogP contribution in [0.4, 0.5) is 4.39 Å². The van der Waals surface area contributed by atoms with Crippen LogP contribution in [0.2, 0.25) is 0 Å². The summed E-state index contributed by atoms with van der Waals surface area (Å²) >= 11 is 0. The van der Waals surface area contributed by atoms with Crippen molar-refractivity contribution in [3.8, 4) is 6.07 Å². The first-order chi connectivity index (χ1) is 5.65. The number of primary amides is 1. The summed E-state index contributed by atoms with van der Waals surface area (Å²) in [4.78, 5) is 12.2. The van der Waals surface area contributed by atoms with E-state index in [-0.39, 0.29) is 19.5 Å². The van der Waals surface area contributed by atoms with Crippen LogP contribution in [0, 0.1) is 11.3 Å². The fraction of sp³-hybridized carbons (Fsp3) is 0.714. The number of carbonyl (C=O) groups excluding carboxylic acids is 1. The van der Waals surface area contributed by atoms with Crippen LogP contribution in [0.5, 0.6) is 0 Å². The lowest BCUT2D eigenvalue weighted by atomic mass is 10.2. The van der Waals surface area contributed by atoms with Gasteiger partial charge >= 0.3 is 0 Å². The number of nitriles is 1. The highest BCUT2D eigenvalue weighted by Crippen LogP contribution is 2.19. The zero-order valence-electron chi connectivity index (χ0n) is 6.53. The van der Waals surface area contributed by atoms with Crippen LogP contribution >= 0.6 is 0 Å². The van der Waals surface area contributed by atoms with Gasteiger partial charge in [-0.3, -0.25) is 9.69 Å². The molecule has 1 amide bonds. The van der Waals surface area contributed by atoms with Crippen LogP contribution in [0.25, 0.3) is 0 Å². The molecule has 1 saturated heterocycles. The van der Waals surface area contributed by atoms with Crippen molar-refractivity contribution in [1.29, 1.82) is 5.26 Å². The summed E-state index contributed by atoms with van der Waals surface area (Å²) in [5, 5.41) is 8.35. The van der Waals surface area contributed by atoms with Gasteiger partial charge in [0.25, 0.3) is 0 Å². The van der Waals surface area contributed by atoms with Crippen LogP contribution in [-0.4, -0.2) is 36.1 Å². The standard InChI is InChI=1S/C7H10FN3O/c8-5-3-6(7(10)12)11(4-5)2-1-9/h5-6H,2-4H2,(H2,10,12)/t5-,6+/m1/s1. The van der Waals surface area contributed by atoms with E-state index in [1.807, 2.05) is 6.07 Å². The van der Waals surface area contributed by atoms with Gasteiger partial charge in [0.1, 0.15) is 6.17 Å². The Balaban J connectivity index is 2.60. The highest BCUT2D eigenvalue weighted by Gasteiger charge is 2.35. The van der Waals surface area contributed by atoms with Crippen LogP contribution in [0.1, 0.15) is 6.42 Å². The van der Waals surface area contributed by atoms with E-state index in [9.17, 15) is 9.18 Å². The Bertz CT molecular complexity index is 225. The predicted octanol–water partition coefficient (Wildman–Crippen LogP) is -0.592. The maximum Gasteiger partial charge on any atom is 0.234 e. The molecule has 2 N–H and O–H groups in total. The van der Waals surface area contributed by atoms with Gasteiger partial charge in [-0.05, 0) is 0 Å². The highest BCUT2D eigenvalue weighted by atomic mass is 19.1. The number of rotatable bonds is 2. The number of hydrogen-bond donors (Lipinski definition) is 1. The number of hydrogen-bond acceptors (Lipinski definition) is 3. The smallest absolute Gasteiger partial charge is 0.234 e. The maximum absolute atomic E-state index is 12.7. The Hall–Kier alpha value is -1.15. The molecule has 0 aromatic rings. The Morgan fingerprint density at radius 1 is 1.83 bits per heavy atom. The van der Waals surface area contributed by atoms with Gasteiger partial charge in [-0.1, -0.05) is 0 Å². The second kappa shape index (κ2) is 3.50. The van der Waals surface area contributed by atoms with Gasteiger partial charge in [0, 0.05) is 13.0 Å². The third kappa shape index (κ3) is 1.71. The fourth-order valence-corrected chi connectivity index (χ4v) is 1.41. The molecule has 0 aliphatic carbocycles. The van der Waals surface area contributed by atoms with Crippen molar-refractivity contribution in [3.05, 3.63) is 0 Å². The molecule has 5 heteroatoms. The van der Waals surface area contributed by atoms with Crippen LogP contribution < -0.4 is 5.73 Å². The normalized spacial score (nSPS) is 30.0. The second-order valence-corrected chi connectivity index (χ2v) is 2.84. The largest absolute Gasteiger partial charge is 0.368 e. The summed E-state index contributed by atoms with van der Waals surface area (Å²) in [5.74, 6) is -0.551. The first kappa shape index (κ1) is 8.94. The quantitative estimate of drug-likeness (QED) is 0.564. The van der Waals surface area contributed by atoms with E-state index in [2.05, 4.69) is 0 Å². The van der Waals surface area contributed by atoms with E-state index < -0.39 is 18.1 Å². The number of likely N-dealkylation sites (tertiary alicyclic amines) is 1. The number of alkyl halides is 1. The molecule has 2 atom stereocenters. The summed E-state index contributed by atoms with van der Waals surface area (Å²) in [7, 11) is 0. The average molecular weight is 171 g/mol. The average Bonchev–Trinajstić information content (AvgIpc) is 2.32. The zero-order valence-corrected chi connectivity index (χ0v) is 6.53. The van der Waals surface area contributed by atoms with E-state index in [0.717, 1.165) is 0 Å². The van der Waals surface area contributed by atoms with Crippen molar-refractivity contribution in [1.82, 2.24) is 4.90 Å². The molecule has 1 aliphatic heterocycles. The molecule has 0 saturated carbocycles. The number of amides is 1. The minimum atomic E-state index is -1.03. The van der Waals surface area contributed by atoms with Crippen LogP contribution in [-0.2, 0) is 4.79 Å². The van der Waals surface area contributed by atoms with Crippen molar-refractivity contribution < 1.29 is 9.18 Å². The van der Waals surface area contributed by atoms with Crippen LogP contribution in [0.3, 0.4) is 0 Å². The van der Waals surface area contributed by atoms with Crippen molar-refractivity contribution in [2.75, 3.05) is 13.1 Å². The van der Waals surface area contributed by atoms with Gasteiger partial charge in [0.15, 0.2) is 0 Å². The number of halogens is 1. The summed E-state index contributed by atoms with van der Waals surface area (Å²) in [6.45, 7) is 0.204. The lowest BCUT2D eigenvalue weighted by Gasteiger charge is -2.16. The molecule has 1 fully saturated rings. The first-order valence-corrected chi connectivity index (χ1v) is 3.69. The molecule has 0 aromatic heterocycles. The van der Waals surface area contributed by atoms with Gasteiger partial charge in [-0.25, -0.2) is 4.39 Å². The first-order valence-electron chi connectivity index (χ1n) is 3.69. The van der Waals surface area contributed by atoms with Gasteiger partial charge in [0.2, 0.25) is 5.91 Å². The Morgan fingerprint density at radius 3 is 3.00 bits per heavy atom. The summed E-state index contributed by atoms with van der Waals surface area (Å²) < 4.78 is 12.7. The molecule has 4 nitrogen and oxygen atoms in total. The molecule has 0 aromatic carbocycles. The zero-order chi connectivity index (χ0) is 9.14. The molecule has 66 valence electrons. The maximum atomic E-state index is 12.7. The molecule has 1 heterocycles. The number of nitrogens with zero attached hydrogens (tertiary/aromatic N) is 2. The molecule has 0 spiro atoms. The molecule has 1 aliphatic rings. The molecular formula is C7H10FN3O. The molecule has 0 unspecified atom stereocenters. The van der Waals surface area contributed by atoms with Gasteiger partial charge in [-0.2, -0.15) is 5.26 Å².